The van der Waals surface area contributed by atoms with E-state index in [1.807, 2.05) is 42.3 Å². The molecule has 1 N–H and O–H groups in total. The number of fused-ring (bicyclic) bond motifs is 1. The van der Waals surface area contributed by atoms with Gasteiger partial charge in [-0.05, 0) is 57.7 Å². The number of aliphatic hydroxyl groups is 1. The van der Waals surface area contributed by atoms with Gasteiger partial charge >= 0.3 is 0 Å². The molecule has 0 saturated carbocycles. The normalized spacial score (nSPS) is 15.8. The van der Waals surface area contributed by atoms with Crippen molar-refractivity contribution in [1.82, 2.24) is 24.9 Å². The Balaban J connectivity index is 1.42. The van der Waals surface area contributed by atoms with Gasteiger partial charge < -0.3 is 10.0 Å². The Morgan fingerprint density at radius 3 is 2.69 bits per heavy atom. The van der Waals surface area contributed by atoms with Crippen LogP contribution in [0.15, 0.2) is 36.7 Å². The summed E-state index contributed by atoms with van der Waals surface area (Å²) in [6.07, 6.45) is 5.36. The molecule has 1 saturated heterocycles. The first-order valence-electron chi connectivity index (χ1n) is 10.1. The van der Waals surface area contributed by atoms with Gasteiger partial charge in [-0.2, -0.15) is 0 Å². The fourth-order valence-corrected chi connectivity index (χ4v) is 3.87. The van der Waals surface area contributed by atoms with Crippen LogP contribution in [0.25, 0.3) is 10.9 Å². The summed E-state index contributed by atoms with van der Waals surface area (Å²) in [7, 11) is 0. The summed E-state index contributed by atoms with van der Waals surface area (Å²) >= 11 is 0. The summed E-state index contributed by atoms with van der Waals surface area (Å²) in [5.41, 5.74) is 2.29. The van der Waals surface area contributed by atoms with Gasteiger partial charge in [-0.1, -0.05) is 16.8 Å². The van der Waals surface area contributed by atoms with E-state index in [2.05, 4.69) is 15.3 Å². The fraction of sp³-hybridized carbons (Fsp3) is 0.455. The van der Waals surface area contributed by atoms with Crippen molar-refractivity contribution in [3.8, 4) is 0 Å². The lowest BCUT2D eigenvalue weighted by Crippen LogP contribution is -2.39. The quantitative estimate of drug-likeness (QED) is 0.737. The minimum Gasteiger partial charge on any atom is -0.384 e. The summed E-state index contributed by atoms with van der Waals surface area (Å²) in [4.78, 5) is 19.5. The van der Waals surface area contributed by atoms with Crippen LogP contribution in [-0.4, -0.2) is 49.0 Å². The molecule has 4 rings (SSSR count). The molecule has 3 heterocycles. The lowest BCUT2D eigenvalue weighted by atomic mass is 9.96. The lowest BCUT2D eigenvalue weighted by Gasteiger charge is -2.32. The maximum atomic E-state index is 13.1. The average Bonchev–Trinajstić information content (AvgIpc) is 3.16. The van der Waals surface area contributed by atoms with Crippen LogP contribution in [0, 0.1) is 12.8 Å². The molecule has 1 aliphatic heterocycles. The van der Waals surface area contributed by atoms with Crippen LogP contribution in [0.1, 0.15) is 48.3 Å². The van der Waals surface area contributed by atoms with Crippen molar-refractivity contribution in [2.24, 2.45) is 5.92 Å². The van der Waals surface area contributed by atoms with Crippen LogP contribution in [0.3, 0.4) is 0 Å². The highest BCUT2D eigenvalue weighted by atomic mass is 16.3. The molecule has 29 heavy (non-hydrogen) atoms. The molecule has 0 spiro atoms. The Hall–Kier alpha value is -2.80. The molecule has 1 fully saturated rings. The predicted molar refractivity (Wildman–Crippen MR) is 110 cm³/mol. The lowest BCUT2D eigenvalue weighted by molar-refractivity contribution is 0.0680. The second-order valence-corrected chi connectivity index (χ2v) is 8.50. The summed E-state index contributed by atoms with van der Waals surface area (Å²) in [5, 5.41) is 19.2. The van der Waals surface area contributed by atoms with E-state index in [1.54, 1.807) is 24.7 Å². The van der Waals surface area contributed by atoms with Gasteiger partial charge in [0.1, 0.15) is 11.3 Å². The predicted octanol–water partition coefficient (Wildman–Crippen LogP) is 2.91. The first-order valence-corrected chi connectivity index (χ1v) is 10.1. The van der Waals surface area contributed by atoms with Crippen molar-refractivity contribution >= 4 is 16.8 Å². The van der Waals surface area contributed by atoms with E-state index in [4.69, 9.17) is 0 Å². The van der Waals surface area contributed by atoms with E-state index in [0.29, 0.717) is 11.6 Å². The first kappa shape index (κ1) is 19.5. The molecular weight excluding hydrogens is 366 g/mol. The van der Waals surface area contributed by atoms with E-state index >= 15 is 0 Å². The zero-order valence-electron chi connectivity index (χ0n) is 17.2. The van der Waals surface area contributed by atoms with Crippen LogP contribution < -0.4 is 0 Å². The Labute approximate surface area is 170 Å². The number of hydrogen-bond donors (Lipinski definition) is 1. The highest BCUT2D eigenvalue weighted by molar-refractivity contribution is 6.06. The van der Waals surface area contributed by atoms with Gasteiger partial charge in [0.15, 0.2) is 0 Å². The number of nitrogens with zero attached hydrogens (tertiary/aromatic N) is 5. The molecule has 3 aromatic rings. The Morgan fingerprint density at radius 1 is 1.24 bits per heavy atom. The van der Waals surface area contributed by atoms with E-state index < -0.39 is 5.60 Å². The summed E-state index contributed by atoms with van der Waals surface area (Å²) in [6, 6.07) is 7.84. The molecule has 1 aliphatic rings. The van der Waals surface area contributed by atoms with E-state index in [-0.39, 0.29) is 5.91 Å². The van der Waals surface area contributed by atoms with Crippen LogP contribution >= 0.6 is 0 Å². The van der Waals surface area contributed by atoms with Crippen LogP contribution in [0.2, 0.25) is 0 Å². The number of carbonyl (C=O) groups is 1. The molecule has 1 aromatic carbocycles. The van der Waals surface area contributed by atoms with Gasteiger partial charge in [-0.25, -0.2) is 0 Å². The molecule has 0 atom stereocenters. The third-order valence-electron chi connectivity index (χ3n) is 5.64. The Kier molecular flexibility index (Phi) is 5.08. The topological polar surface area (TPSA) is 84.1 Å². The minimum absolute atomic E-state index is 0.0755. The van der Waals surface area contributed by atoms with Gasteiger partial charge in [0.2, 0.25) is 0 Å². The minimum atomic E-state index is -0.986. The highest BCUT2D eigenvalue weighted by Gasteiger charge is 2.26. The van der Waals surface area contributed by atoms with Gasteiger partial charge in [-0.3, -0.25) is 14.5 Å². The van der Waals surface area contributed by atoms with E-state index in [1.165, 1.54) is 0 Å². The molecule has 0 aliphatic carbocycles. The highest BCUT2D eigenvalue weighted by Crippen LogP contribution is 2.24. The van der Waals surface area contributed by atoms with E-state index in [9.17, 15) is 9.90 Å². The molecule has 7 heteroatoms. The molecule has 152 valence electrons. The van der Waals surface area contributed by atoms with Crippen molar-refractivity contribution in [2.75, 3.05) is 13.1 Å². The molecule has 1 amide bonds. The number of pyridine rings is 1. The van der Waals surface area contributed by atoms with Gasteiger partial charge in [0.25, 0.3) is 5.91 Å². The second-order valence-electron chi connectivity index (χ2n) is 8.50. The molecule has 7 nitrogen and oxygen atoms in total. The van der Waals surface area contributed by atoms with Crippen LogP contribution in [-0.2, 0) is 12.1 Å². The Morgan fingerprint density at radius 2 is 2.00 bits per heavy atom. The second kappa shape index (κ2) is 7.55. The van der Waals surface area contributed by atoms with Gasteiger partial charge in [0.05, 0.1) is 17.3 Å². The standard InChI is InChI=1S/C22H27N5O2/c1-15-4-5-19-18(12-15)17(6-9-23-19)21(28)26-10-7-16(8-11-26)13-27-14-20(24-25-27)22(2,3)29/h4-6,9,12,14,16,29H,7-8,10-11,13H2,1-3H3. The van der Waals surface area contributed by atoms with Crippen molar-refractivity contribution in [3.05, 3.63) is 53.5 Å². The first-order chi connectivity index (χ1) is 13.8. The fourth-order valence-electron chi connectivity index (χ4n) is 3.87. The maximum absolute atomic E-state index is 13.1. The number of rotatable bonds is 4. The third kappa shape index (κ3) is 4.15. The summed E-state index contributed by atoms with van der Waals surface area (Å²) < 4.78 is 1.80. The molecular formula is C22H27N5O2. The number of aryl methyl sites for hydroxylation is 1. The number of amides is 1. The van der Waals surface area contributed by atoms with Crippen molar-refractivity contribution in [3.63, 3.8) is 0 Å². The SMILES string of the molecule is Cc1ccc2nccc(C(=O)N3CCC(Cn4cc(C(C)(C)O)nn4)CC3)c2c1. The van der Waals surface area contributed by atoms with Crippen molar-refractivity contribution in [2.45, 2.75) is 45.8 Å². The van der Waals surface area contributed by atoms with E-state index in [0.717, 1.165) is 54.5 Å². The number of piperidine rings is 1. The summed E-state index contributed by atoms with van der Waals surface area (Å²) in [6.45, 7) is 7.64. The monoisotopic (exact) mass is 393 g/mol. The number of hydrogen-bond acceptors (Lipinski definition) is 5. The molecule has 0 radical (unpaired) electrons. The number of likely N-dealkylation sites (tertiary alicyclic amines) is 1. The zero-order valence-corrected chi connectivity index (χ0v) is 17.2. The Bertz CT molecular complexity index is 1030. The van der Waals surface area contributed by atoms with Crippen LogP contribution in [0.4, 0.5) is 0 Å². The summed E-state index contributed by atoms with van der Waals surface area (Å²) in [5.74, 6) is 0.512. The zero-order chi connectivity index (χ0) is 20.6. The smallest absolute Gasteiger partial charge is 0.254 e. The number of carbonyl (C=O) groups excluding carboxylic acids is 1. The molecule has 2 aromatic heterocycles. The van der Waals surface area contributed by atoms with Crippen LogP contribution in [0.5, 0.6) is 0 Å². The average molecular weight is 393 g/mol. The molecule has 0 unspecified atom stereocenters. The van der Waals surface area contributed by atoms with Gasteiger partial charge in [-0.15, -0.1) is 5.10 Å². The van der Waals surface area contributed by atoms with Gasteiger partial charge in [0, 0.05) is 31.2 Å². The third-order valence-corrected chi connectivity index (χ3v) is 5.64. The number of aromatic nitrogens is 4. The number of benzene rings is 1. The van der Waals surface area contributed by atoms with Crippen molar-refractivity contribution < 1.29 is 9.90 Å². The molecule has 0 bridgehead atoms. The van der Waals surface area contributed by atoms with Crippen molar-refractivity contribution in [1.29, 1.82) is 0 Å². The largest absolute Gasteiger partial charge is 0.384 e. The maximum Gasteiger partial charge on any atom is 0.254 e.